The number of rotatable bonds is 5. The lowest BCUT2D eigenvalue weighted by Gasteiger charge is -2.13. The third kappa shape index (κ3) is 5.08. The van der Waals surface area contributed by atoms with Crippen molar-refractivity contribution in [1.29, 1.82) is 0 Å². The molecule has 0 atom stereocenters. The van der Waals surface area contributed by atoms with Gasteiger partial charge in [0, 0.05) is 5.57 Å². The van der Waals surface area contributed by atoms with Crippen LogP contribution in [0.25, 0.3) is 0 Å². The molecule has 27 heavy (non-hydrogen) atoms. The zero-order valence-corrected chi connectivity index (χ0v) is 15.8. The van der Waals surface area contributed by atoms with Gasteiger partial charge in [-0.3, -0.25) is 0 Å². The number of ether oxygens (including phenoxy) is 2. The molecule has 0 bridgehead atoms. The topological polar surface area (TPSA) is 30.8 Å². The molecule has 3 aromatic rings. The first kappa shape index (κ1) is 18.5. The van der Waals surface area contributed by atoms with Crippen molar-refractivity contribution in [2.75, 3.05) is 0 Å². The maximum absolute atomic E-state index is 6.18. The molecule has 0 saturated heterocycles. The monoisotopic (exact) mass is 357 g/mol. The van der Waals surface area contributed by atoms with Crippen molar-refractivity contribution >= 4 is 11.6 Å². The van der Waals surface area contributed by atoms with Crippen LogP contribution in [0.15, 0.2) is 95.7 Å². The summed E-state index contributed by atoms with van der Waals surface area (Å²) in [7, 11) is 0. The second kappa shape index (κ2) is 8.86. The van der Waals surface area contributed by atoms with E-state index in [0.717, 1.165) is 28.3 Å². The fraction of sp³-hybridized carbons (Fsp3) is 0.125. The van der Waals surface area contributed by atoms with E-state index >= 15 is 0 Å². The minimum Gasteiger partial charge on any atom is -0.465 e. The highest BCUT2D eigenvalue weighted by Crippen LogP contribution is 2.23. The summed E-state index contributed by atoms with van der Waals surface area (Å²) >= 11 is 0. The van der Waals surface area contributed by atoms with E-state index in [0.29, 0.717) is 5.90 Å². The van der Waals surface area contributed by atoms with Crippen LogP contribution in [0.2, 0.25) is 0 Å². The van der Waals surface area contributed by atoms with Crippen molar-refractivity contribution in [3.05, 3.63) is 102 Å². The Hall–Kier alpha value is -3.33. The molecule has 3 aromatic carbocycles. The highest BCUT2D eigenvalue weighted by Gasteiger charge is 2.10. The summed E-state index contributed by atoms with van der Waals surface area (Å²) in [6, 6.07) is 25.4. The van der Waals surface area contributed by atoms with Gasteiger partial charge in [-0.05, 0) is 62.2 Å². The minimum atomic E-state index is 0.505. The van der Waals surface area contributed by atoms with E-state index in [9.17, 15) is 0 Å². The molecule has 3 heteroatoms. The first-order valence-corrected chi connectivity index (χ1v) is 8.90. The van der Waals surface area contributed by atoms with E-state index in [4.69, 9.17) is 9.47 Å². The van der Waals surface area contributed by atoms with Gasteiger partial charge in [0.1, 0.15) is 11.5 Å². The zero-order chi connectivity index (χ0) is 19.1. The molecule has 0 spiro atoms. The summed E-state index contributed by atoms with van der Waals surface area (Å²) in [6.45, 7) is 6.04. The fourth-order valence-electron chi connectivity index (χ4n) is 2.46. The van der Waals surface area contributed by atoms with Crippen LogP contribution in [-0.2, 0) is 0 Å². The molecule has 0 aliphatic heterocycles. The van der Waals surface area contributed by atoms with Crippen molar-refractivity contribution in [2.45, 2.75) is 20.8 Å². The largest absolute Gasteiger partial charge is 0.465 e. The lowest BCUT2D eigenvalue weighted by molar-refractivity contribution is 0.473. The summed E-state index contributed by atoms with van der Waals surface area (Å²) < 4.78 is 11.9. The first-order valence-electron chi connectivity index (χ1n) is 8.90. The molecule has 0 fully saturated rings. The van der Waals surface area contributed by atoms with Crippen molar-refractivity contribution in [3.8, 4) is 11.5 Å². The van der Waals surface area contributed by atoms with Gasteiger partial charge >= 0.3 is 0 Å². The van der Waals surface area contributed by atoms with E-state index in [-0.39, 0.29) is 0 Å². The molecule has 3 nitrogen and oxygen atoms in total. The highest BCUT2D eigenvalue weighted by atomic mass is 16.5. The Balaban J connectivity index is 1.92. The van der Waals surface area contributed by atoms with E-state index in [1.54, 1.807) is 6.26 Å². The van der Waals surface area contributed by atoms with Crippen LogP contribution in [0.5, 0.6) is 11.5 Å². The van der Waals surface area contributed by atoms with Crippen LogP contribution in [0.3, 0.4) is 0 Å². The quantitative estimate of drug-likeness (QED) is 0.301. The van der Waals surface area contributed by atoms with Gasteiger partial charge in [-0.2, -0.15) is 0 Å². The smallest absolute Gasteiger partial charge is 0.225 e. The predicted octanol–water partition coefficient (Wildman–Crippen LogP) is 6.40. The van der Waals surface area contributed by atoms with Crippen LogP contribution < -0.4 is 9.47 Å². The lowest BCUT2D eigenvalue weighted by Crippen LogP contribution is -2.12. The number of benzene rings is 3. The van der Waals surface area contributed by atoms with Crippen molar-refractivity contribution in [3.63, 3.8) is 0 Å². The second-order valence-corrected chi connectivity index (χ2v) is 6.28. The van der Waals surface area contributed by atoms with Crippen molar-refractivity contribution < 1.29 is 9.47 Å². The van der Waals surface area contributed by atoms with Gasteiger partial charge in [0.15, 0.2) is 0 Å². The SMILES string of the molecule is CC(=C\Oc1ccccc1)/C(=N/c1ccccc1)Oc1cccc(C)c1C. The molecule has 0 aromatic heterocycles. The number of aryl methyl sites for hydroxylation is 1. The van der Waals surface area contributed by atoms with E-state index in [1.165, 1.54) is 5.56 Å². The Morgan fingerprint density at radius 3 is 2.19 bits per heavy atom. The van der Waals surface area contributed by atoms with Crippen LogP contribution in [0, 0.1) is 13.8 Å². The normalized spacial score (nSPS) is 12.0. The Kier molecular flexibility index (Phi) is 6.06. The number of hydrogen-bond acceptors (Lipinski definition) is 3. The molecular formula is C24H23NO2. The average Bonchev–Trinajstić information content (AvgIpc) is 2.70. The summed E-state index contributed by atoms with van der Waals surface area (Å²) in [4.78, 5) is 4.68. The molecule has 0 amide bonds. The number of nitrogens with zero attached hydrogens (tertiary/aromatic N) is 1. The highest BCUT2D eigenvalue weighted by molar-refractivity contribution is 5.96. The molecule has 0 saturated carbocycles. The van der Waals surface area contributed by atoms with Gasteiger partial charge in [0.05, 0.1) is 11.9 Å². The van der Waals surface area contributed by atoms with Gasteiger partial charge in [-0.1, -0.05) is 48.5 Å². The Bertz CT molecular complexity index is 945. The third-order valence-corrected chi connectivity index (χ3v) is 4.20. The number of aliphatic imine (C=N–C) groups is 1. The van der Waals surface area contributed by atoms with Gasteiger partial charge in [-0.15, -0.1) is 0 Å². The minimum absolute atomic E-state index is 0.505. The summed E-state index contributed by atoms with van der Waals surface area (Å²) in [5, 5.41) is 0. The van der Waals surface area contributed by atoms with Gasteiger partial charge in [0.2, 0.25) is 5.90 Å². The standard InChI is InChI=1S/C24H23NO2/c1-18-11-10-16-23(20(18)3)27-24(25-21-12-6-4-7-13-21)19(2)17-26-22-14-8-5-9-15-22/h4-17H,1-3H3/b19-17+,25-24-. The van der Waals surface area contributed by atoms with Crippen molar-refractivity contribution in [1.82, 2.24) is 0 Å². The maximum Gasteiger partial charge on any atom is 0.225 e. The van der Waals surface area contributed by atoms with Crippen LogP contribution >= 0.6 is 0 Å². The Morgan fingerprint density at radius 2 is 1.48 bits per heavy atom. The van der Waals surface area contributed by atoms with Gasteiger partial charge in [0.25, 0.3) is 0 Å². The zero-order valence-electron chi connectivity index (χ0n) is 15.8. The lowest BCUT2D eigenvalue weighted by atomic mass is 10.1. The third-order valence-electron chi connectivity index (χ3n) is 4.20. The van der Waals surface area contributed by atoms with E-state index in [1.807, 2.05) is 86.6 Å². The van der Waals surface area contributed by atoms with E-state index in [2.05, 4.69) is 18.0 Å². The summed E-state index contributed by atoms with van der Waals surface area (Å²) in [5.41, 5.74) is 3.89. The van der Waals surface area contributed by atoms with Crippen LogP contribution in [0.1, 0.15) is 18.1 Å². The first-order chi connectivity index (χ1) is 13.1. The van der Waals surface area contributed by atoms with Crippen LogP contribution in [0.4, 0.5) is 5.69 Å². The second-order valence-electron chi connectivity index (χ2n) is 6.28. The molecule has 0 unspecified atom stereocenters. The Labute approximate surface area is 160 Å². The van der Waals surface area contributed by atoms with Gasteiger partial charge in [-0.25, -0.2) is 4.99 Å². The molecule has 136 valence electrons. The van der Waals surface area contributed by atoms with Crippen LogP contribution in [-0.4, -0.2) is 5.90 Å². The van der Waals surface area contributed by atoms with Gasteiger partial charge < -0.3 is 9.47 Å². The summed E-state index contributed by atoms with van der Waals surface area (Å²) in [5.74, 6) is 2.06. The molecule has 0 heterocycles. The fourth-order valence-corrected chi connectivity index (χ4v) is 2.46. The maximum atomic E-state index is 6.18. The average molecular weight is 357 g/mol. The Morgan fingerprint density at radius 1 is 0.815 bits per heavy atom. The predicted molar refractivity (Wildman–Crippen MR) is 111 cm³/mol. The summed E-state index contributed by atoms with van der Waals surface area (Å²) in [6.07, 6.45) is 1.67. The molecule has 0 N–H and O–H groups in total. The molecule has 0 radical (unpaired) electrons. The molecule has 0 aliphatic carbocycles. The number of hydrogen-bond donors (Lipinski definition) is 0. The number of para-hydroxylation sites is 2. The molecule has 3 rings (SSSR count). The molecular weight excluding hydrogens is 334 g/mol. The van der Waals surface area contributed by atoms with E-state index < -0.39 is 0 Å². The molecule has 0 aliphatic rings. The van der Waals surface area contributed by atoms with Crippen molar-refractivity contribution in [2.24, 2.45) is 4.99 Å².